The number of aromatic carboxylic acids is 1. The number of nitrogens with one attached hydrogen (secondary N) is 1. The molecule has 2 rings (SSSR count). The predicted octanol–water partition coefficient (Wildman–Crippen LogP) is 3.95. The first-order valence-electron chi connectivity index (χ1n) is 6.84. The summed E-state index contributed by atoms with van der Waals surface area (Å²) in [6, 6.07) is 15.4. The van der Waals surface area contributed by atoms with Crippen molar-refractivity contribution in [1.29, 1.82) is 0 Å². The van der Waals surface area contributed by atoms with Gasteiger partial charge in [0.1, 0.15) is 0 Å². The minimum Gasteiger partial charge on any atom is -0.478 e. The summed E-state index contributed by atoms with van der Waals surface area (Å²) < 4.78 is 0. The van der Waals surface area contributed by atoms with E-state index in [0.29, 0.717) is 12.1 Å². The molecule has 0 unspecified atom stereocenters. The van der Waals surface area contributed by atoms with Crippen molar-refractivity contribution >= 4 is 11.7 Å². The normalized spacial score (nSPS) is 10.2. The van der Waals surface area contributed by atoms with Crippen molar-refractivity contribution in [3.8, 4) is 0 Å². The third kappa shape index (κ3) is 3.85. The van der Waals surface area contributed by atoms with Crippen molar-refractivity contribution in [3.05, 3.63) is 65.2 Å². The van der Waals surface area contributed by atoms with E-state index in [9.17, 15) is 4.79 Å². The van der Waals surface area contributed by atoms with Crippen LogP contribution in [-0.2, 0) is 13.0 Å². The lowest BCUT2D eigenvalue weighted by Crippen LogP contribution is -2.02. The maximum absolute atomic E-state index is 10.9. The summed E-state index contributed by atoms with van der Waals surface area (Å²) >= 11 is 0. The van der Waals surface area contributed by atoms with Gasteiger partial charge in [-0.1, -0.05) is 37.6 Å². The van der Waals surface area contributed by atoms with Gasteiger partial charge in [0.25, 0.3) is 0 Å². The molecule has 0 saturated carbocycles. The van der Waals surface area contributed by atoms with Crippen LogP contribution < -0.4 is 5.32 Å². The van der Waals surface area contributed by atoms with E-state index in [1.54, 1.807) is 18.2 Å². The molecule has 0 amide bonds. The number of anilines is 1. The molecule has 0 heterocycles. The molecular formula is C17H19NO2. The van der Waals surface area contributed by atoms with E-state index in [0.717, 1.165) is 24.1 Å². The number of rotatable bonds is 6. The second kappa shape index (κ2) is 6.75. The largest absolute Gasteiger partial charge is 0.478 e. The molecule has 2 aromatic carbocycles. The zero-order valence-corrected chi connectivity index (χ0v) is 11.6. The van der Waals surface area contributed by atoms with Gasteiger partial charge in [-0.2, -0.15) is 0 Å². The highest BCUT2D eigenvalue weighted by Gasteiger charge is 2.03. The van der Waals surface area contributed by atoms with Gasteiger partial charge in [0.15, 0.2) is 0 Å². The lowest BCUT2D eigenvalue weighted by atomic mass is 10.1. The molecule has 0 aliphatic heterocycles. The Morgan fingerprint density at radius 3 is 2.50 bits per heavy atom. The Balaban J connectivity index is 1.97. The molecule has 0 aliphatic rings. The zero-order chi connectivity index (χ0) is 14.4. The van der Waals surface area contributed by atoms with E-state index in [4.69, 9.17) is 5.11 Å². The molecule has 20 heavy (non-hydrogen) atoms. The van der Waals surface area contributed by atoms with E-state index in [1.807, 2.05) is 6.07 Å². The maximum Gasteiger partial charge on any atom is 0.335 e. The molecule has 0 aliphatic carbocycles. The Hall–Kier alpha value is -2.29. The van der Waals surface area contributed by atoms with Gasteiger partial charge in [-0.05, 0) is 41.8 Å². The third-order valence-electron chi connectivity index (χ3n) is 3.16. The number of hydrogen-bond donors (Lipinski definition) is 2. The maximum atomic E-state index is 10.9. The Bertz CT molecular complexity index is 576. The van der Waals surface area contributed by atoms with Crippen LogP contribution >= 0.6 is 0 Å². The predicted molar refractivity (Wildman–Crippen MR) is 81.2 cm³/mol. The number of benzene rings is 2. The van der Waals surface area contributed by atoms with Crippen LogP contribution in [0.3, 0.4) is 0 Å². The van der Waals surface area contributed by atoms with Crippen molar-refractivity contribution in [2.45, 2.75) is 26.3 Å². The molecule has 2 aromatic rings. The van der Waals surface area contributed by atoms with Crippen LogP contribution in [-0.4, -0.2) is 11.1 Å². The summed E-state index contributed by atoms with van der Waals surface area (Å²) in [5, 5.41) is 12.3. The minimum absolute atomic E-state index is 0.322. The summed E-state index contributed by atoms with van der Waals surface area (Å²) in [7, 11) is 0. The van der Waals surface area contributed by atoms with Gasteiger partial charge in [0, 0.05) is 12.2 Å². The standard InChI is InChI=1S/C17H19NO2/c1-2-4-13-7-9-16(10-8-13)18-12-14-5-3-6-15(11-14)17(19)20/h3,5-11,18H,2,4,12H2,1H3,(H,19,20). The van der Waals surface area contributed by atoms with Crippen LogP contribution in [0.15, 0.2) is 48.5 Å². The van der Waals surface area contributed by atoms with Crippen LogP contribution in [0.2, 0.25) is 0 Å². The van der Waals surface area contributed by atoms with Gasteiger partial charge in [0.2, 0.25) is 0 Å². The van der Waals surface area contributed by atoms with Gasteiger partial charge in [-0.15, -0.1) is 0 Å². The smallest absolute Gasteiger partial charge is 0.335 e. The highest BCUT2D eigenvalue weighted by atomic mass is 16.4. The number of carbonyl (C=O) groups is 1. The number of hydrogen-bond acceptors (Lipinski definition) is 2. The van der Waals surface area contributed by atoms with Crippen LogP contribution in [0.4, 0.5) is 5.69 Å². The summed E-state index contributed by atoms with van der Waals surface area (Å²) in [6.07, 6.45) is 2.25. The number of carboxylic acid groups (broad SMARTS) is 1. The van der Waals surface area contributed by atoms with Crippen molar-refractivity contribution in [3.63, 3.8) is 0 Å². The van der Waals surface area contributed by atoms with E-state index in [2.05, 4.69) is 36.5 Å². The average molecular weight is 269 g/mol. The molecule has 0 radical (unpaired) electrons. The van der Waals surface area contributed by atoms with Crippen molar-refractivity contribution in [2.24, 2.45) is 0 Å². The van der Waals surface area contributed by atoms with Gasteiger partial charge in [-0.3, -0.25) is 0 Å². The molecule has 0 aromatic heterocycles. The molecule has 0 fully saturated rings. The molecule has 0 saturated heterocycles. The number of carboxylic acids is 1. The van der Waals surface area contributed by atoms with E-state index >= 15 is 0 Å². The summed E-state index contributed by atoms with van der Waals surface area (Å²) in [6.45, 7) is 2.79. The molecule has 0 atom stereocenters. The monoisotopic (exact) mass is 269 g/mol. The first-order valence-corrected chi connectivity index (χ1v) is 6.84. The topological polar surface area (TPSA) is 49.3 Å². The lowest BCUT2D eigenvalue weighted by molar-refractivity contribution is 0.0697. The fourth-order valence-electron chi connectivity index (χ4n) is 2.10. The van der Waals surface area contributed by atoms with E-state index in [1.165, 1.54) is 5.56 Å². The van der Waals surface area contributed by atoms with Crippen LogP contribution in [0, 0.1) is 0 Å². The quantitative estimate of drug-likeness (QED) is 0.834. The number of aryl methyl sites for hydroxylation is 1. The van der Waals surface area contributed by atoms with Crippen LogP contribution in [0.1, 0.15) is 34.8 Å². The lowest BCUT2D eigenvalue weighted by Gasteiger charge is -2.08. The van der Waals surface area contributed by atoms with Gasteiger partial charge < -0.3 is 10.4 Å². The first-order chi connectivity index (χ1) is 9.69. The van der Waals surface area contributed by atoms with Gasteiger partial charge >= 0.3 is 5.97 Å². The average Bonchev–Trinajstić information content (AvgIpc) is 2.47. The fourth-order valence-corrected chi connectivity index (χ4v) is 2.10. The third-order valence-corrected chi connectivity index (χ3v) is 3.16. The second-order valence-electron chi connectivity index (χ2n) is 4.81. The minimum atomic E-state index is -0.893. The Morgan fingerprint density at radius 2 is 1.85 bits per heavy atom. The Labute approximate surface area is 119 Å². The van der Waals surface area contributed by atoms with Crippen molar-refractivity contribution in [1.82, 2.24) is 0 Å². The molecule has 104 valence electrons. The highest BCUT2D eigenvalue weighted by molar-refractivity contribution is 5.87. The zero-order valence-electron chi connectivity index (χ0n) is 11.6. The summed E-state index contributed by atoms with van der Waals surface area (Å²) in [5.74, 6) is -0.893. The van der Waals surface area contributed by atoms with Crippen LogP contribution in [0.25, 0.3) is 0 Å². The Morgan fingerprint density at radius 1 is 1.10 bits per heavy atom. The molecule has 0 spiro atoms. The van der Waals surface area contributed by atoms with Gasteiger partial charge in [0.05, 0.1) is 5.56 Å². The fraction of sp³-hybridized carbons (Fsp3) is 0.235. The summed E-state index contributed by atoms with van der Waals surface area (Å²) in [5.41, 5.74) is 3.67. The molecule has 3 heteroatoms. The summed E-state index contributed by atoms with van der Waals surface area (Å²) in [4.78, 5) is 10.9. The van der Waals surface area contributed by atoms with E-state index < -0.39 is 5.97 Å². The highest BCUT2D eigenvalue weighted by Crippen LogP contribution is 2.13. The van der Waals surface area contributed by atoms with Crippen molar-refractivity contribution in [2.75, 3.05) is 5.32 Å². The second-order valence-corrected chi connectivity index (χ2v) is 4.81. The van der Waals surface area contributed by atoms with Crippen molar-refractivity contribution < 1.29 is 9.90 Å². The molecule has 3 nitrogen and oxygen atoms in total. The molecular weight excluding hydrogens is 250 g/mol. The Kier molecular flexibility index (Phi) is 4.77. The first kappa shape index (κ1) is 14.1. The SMILES string of the molecule is CCCc1ccc(NCc2cccc(C(=O)O)c2)cc1. The van der Waals surface area contributed by atoms with Crippen LogP contribution in [0.5, 0.6) is 0 Å². The molecule has 2 N–H and O–H groups in total. The molecule has 0 bridgehead atoms. The van der Waals surface area contributed by atoms with E-state index in [-0.39, 0.29) is 0 Å². The van der Waals surface area contributed by atoms with Gasteiger partial charge in [-0.25, -0.2) is 4.79 Å².